The SMILES string of the molecule is COCCCOc1ccc(C(=O)Cc2ccnc(C3(C)CC(=O)N(C)C(N)=N3)c2)nc1. The summed E-state index contributed by atoms with van der Waals surface area (Å²) in [4.78, 5) is 39.3. The van der Waals surface area contributed by atoms with E-state index in [-0.39, 0.29) is 30.5 Å². The lowest BCUT2D eigenvalue weighted by Crippen LogP contribution is -2.47. The summed E-state index contributed by atoms with van der Waals surface area (Å²) in [6, 6.07) is 6.94. The largest absolute Gasteiger partial charge is 0.492 e. The van der Waals surface area contributed by atoms with Gasteiger partial charge in [-0.15, -0.1) is 0 Å². The molecule has 0 fully saturated rings. The summed E-state index contributed by atoms with van der Waals surface area (Å²) in [5, 5.41) is 0. The number of guanidine groups is 1. The van der Waals surface area contributed by atoms with Gasteiger partial charge in [0.1, 0.15) is 17.0 Å². The van der Waals surface area contributed by atoms with Crippen molar-refractivity contribution >= 4 is 17.6 Å². The van der Waals surface area contributed by atoms with Crippen molar-refractivity contribution in [1.29, 1.82) is 0 Å². The highest BCUT2D eigenvalue weighted by Crippen LogP contribution is 2.32. The molecule has 1 unspecified atom stereocenters. The van der Waals surface area contributed by atoms with Gasteiger partial charge in [-0.1, -0.05) is 0 Å². The van der Waals surface area contributed by atoms with E-state index in [0.717, 1.165) is 12.0 Å². The first kappa shape index (κ1) is 22.4. The summed E-state index contributed by atoms with van der Waals surface area (Å²) in [7, 11) is 3.23. The van der Waals surface area contributed by atoms with Crippen molar-refractivity contribution in [3.63, 3.8) is 0 Å². The molecule has 0 saturated heterocycles. The number of nitrogens with two attached hydrogens (primary N) is 1. The second-order valence-electron chi connectivity index (χ2n) is 7.60. The Bertz CT molecular complexity index is 976. The minimum atomic E-state index is -0.868. The van der Waals surface area contributed by atoms with E-state index >= 15 is 0 Å². The maximum absolute atomic E-state index is 12.7. The minimum absolute atomic E-state index is 0.129. The van der Waals surface area contributed by atoms with Gasteiger partial charge >= 0.3 is 0 Å². The Morgan fingerprint density at radius 2 is 2.06 bits per heavy atom. The number of hydrogen-bond acceptors (Lipinski definition) is 8. The molecule has 2 N–H and O–H groups in total. The van der Waals surface area contributed by atoms with E-state index in [2.05, 4.69) is 15.0 Å². The fourth-order valence-electron chi connectivity index (χ4n) is 3.23. The third-order valence-electron chi connectivity index (χ3n) is 5.10. The number of aliphatic imine (C=N–C) groups is 1. The lowest BCUT2D eigenvalue weighted by molar-refractivity contribution is -0.128. The van der Waals surface area contributed by atoms with Crippen LogP contribution in [0.3, 0.4) is 0 Å². The van der Waals surface area contributed by atoms with Gasteiger partial charge in [0.25, 0.3) is 0 Å². The van der Waals surface area contributed by atoms with Crippen LogP contribution in [0.2, 0.25) is 0 Å². The first-order chi connectivity index (χ1) is 14.8. The molecule has 2 aromatic heterocycles. The van der Waals surface area contributed by atoms with Gasteiger partial charge in [-0.2, -0.15) is 0 Å². The van der Waals surface area contributed by atoms with E-state index in [1.807, 2.05) is 6.92 Å². The van der Waals surface area contributed by atoms with Gasteiger partial charge in [-0.3, -0.25) is 19.5 Å². The third kappa shape index (κ3) is 5.43. The molecule has 0 aliphatic carbocycles. The van der Waals surface area contributed by atoms with Gasteiger partial charge in [0, 0.05) is 39.8 Å². The Labute approximate surface area is 181 Å². The van der Waals surface area contributed by atoms with Crippen LogP contribution >= 0.6 is 0 Å². The molecule has 0 spiro atoms. The van der Waals surface area contributed by atoms with Gasteiger partial charge in [0.05, 0.1) is 24.9 Å². The van der Waals surface area contributed by atoms with Crippen molar-refractivity contribution in [2.24, 2.45) is 10.7 Å². The maximum Gasteiger partial charge on any atom is 0.231 e. The van der Waals surface area contributed by atoms with E-state index < -0.39 is 5.54 Å². The molecule has 0 bridgehead atoms. The highest BCUT2D eigenvalue weighted by Gasteiger charge is 2.37. The highest BCUT2D eigenvalue weighted by molar-refractivity contribution is 5.98. The second-order valence-corrected chi connectivity index (χ2v) is 7.60. The number of ketones is 1. The summed E-state index contributed by atoms with van der Waals surface area (Å²) in [5.74, 6) is 0.493. The van der Waals surface area contributed by atoms with Crippen molar-refractivity contribution in [2.45, 2.75) is 31.7 Å². The summed E-state index contributed by atoms with van der Waals surface area (Å²) in [6.45, 7) is 2.96. The maximum atomic E-state index is 12.7. The predicted molar refractivity (Wildman–Crippen MR) is 115 cm³/mol. The van der Waals surface area contributed by atoms with Gasteiger partial charge in [-0.25, -0.2) is 9.98 Å². The Morgan fingerprint density at radius 1 is 1.26 bits per heavy atom. The molecule has 31 heavy (non-hydrogen) atoms. The lowest BCUT2D eigenvalue weighted by Gasteiger charge is -2.32. The van der Waals surface area contributed by atoms with E-state index in [1.54, 1.807) is 50.8 Å². The zero-order valence-corrected chi connectivity index (χ0v) is 18.0. The number of aromatic nitrogens is 2. The predicted octanol–water partition coefficient (Wildman–Crippen LogP) is 1.71. The number of ether oxygens (including phenoxy) is 2. The van der Waals surface area contributed by atoms with Crippen LogP contribution in [0.5, 0.6) is 5.75 Å². The fourth-order valence-corrected chi connectivity index (χ4v) is 3.23. The number of amides is 1. The topological polar surface area (TPSA) is 120 Å². The van der Waals surface area contributed by atoms with Crippen LogP contribution in [-0.4, -0.2) is 59.9 Å². The Morgan fingerprint density at radius 3 is 2.74 bits per heavy atom. The molecular weight excluding hydrogens is 398 g/mol. The third-order valence-corrected chi connectivity index (χ3v) is 5.10. The number of carbonyl (C=O) groups excluding carboxylic acids is 2. The molecule has 9 heteroatoms. The molecule has 1 atom stereocenters. The fraction of sp³-hybridized carbons (Fsp3) is 0.409. The number of carbonyl (C=O) groups is 2. The van der Waals surface area contributed by atoms with Crippen molar-refractivity contribution in [2.75, 3.05) is 27.4 Å². The number of methoxy groups -OCH3 is 1. The van der Waals surface area contributed by atoms with E-state index in [9.17, 15) is 9.59 Å². The van der Waals surface area contributed by atoms with Crippen molar-refractivity contribution < 1.29 is 19.1 Å². The van der Waals surface area contributed by atoms with Gasteiger partial charge in [-0.05, 0) is 36.8 Å². The molecule has 0 saturated carbocycles. The molecule has 164 valence electrons. The molecule has 3 heterocycles. The molecule has 0 aromatic carbocycles. The average molecular weight is 425 g/mol. The zero-order valence-electron chi connectivity index (χ0n) is 18.0. The molecule has 3 rings (SSSR count). The van der Waals surface area contributed by atoms with Gasteiger partial charge in [0.15, 0.2) is 11.7 Å². The average Bonchev–Trinajstić information content (AvgIpc) is 2.75. The van der Waals surface area contributed by atoms with E-state index in [4.69, 9.17) is 15.2 Å². The number of nitrogens with zero attached hydrogens (tertiary/aromatic N) is 4. The number of hydrogen-bond donors (Lipinski definition) is 1. The molecule has 2 aromatic rings. The van der Waals surface area contributed by atoms with Crippen LogP contribution in [0.4, 0.5) is 0 Å². The van der Waals surface area contributed by atoms with Crippen molar-refractivity contribution in [3.8, 4) is 5.75 Å². The Balaban J connectivity index is 1.68. The summed E-state index contributed by atoms with van der Waals surface area (Å²) in [6.07, 6.45) is 4.24. The van der Waals surface area contributed by atoms with Gasteiger partial charge < -0.3 is 15.2 Å². The quantitative estimate of drug-likeness (QED) is 0.480. The smallest absolute Gasteiger partial charge is 0.231 e. The summed E-state index contributed by atoms with van der Waals surface area (Å²) in [5.41, 5.74) is 6.72. The number of rotatable bonds is 9. The molecule has 0 radical (unpaired) electrons. The van der Waals surface area contributed by atoms with E-state index in [0.29, 0.717) is 30.4 Å². The molecule has 1 amide bonds. The Hall–Kier alpha value is -3.33. The van der Waals surface area contributed by atoms with Crippen LogP contribution in [0.25, 0.3) is 0 Å². The first-order valence-electron chi connectivity index (χ1n) is 10.0. The van der Waals surface area contributed by atoms with E-state index in [1.165, 1.54) is 4.90 Å². The minimum Gasteiger partial charge on any atom is -0.492 e. The first-order valence-corrected chi connectivity index (χ1v) is 10.0. The lowest BCUT2D eigenvalue weighted by atomic mass is 9.90. The molecular formula is C22H27N5O4. The molecule has 1 aliphatic rings. The van der Waals surface area contributed by atoms with Crippen molar-refractivity contribution in [1.82, 2.24) is 14.9 Å². The summed E-state index contributed by atoms with van der Waals surface area (Å²) < 4.78 is 10.5. The normalized spacial score (nSPS) is 18.6. The van der Waals surface area contributed by atoms with Crippen molar-refractivity contribution in [3.05, 3.63) is 53.6 Å². The van der Waals surface area contributed by atoms with Crippen LogP contribution in [-0.2, 0) is 21.5 Å². The monoisotopic (exact) mass is 425 g/mol. The zero-order chi connectivity index (χ0) is 22.4. The molecule has 1 aliphatic heterocycles. The summed E-state index contributed by atoms with van der Waals surface area (Å²) >= 11 is 0. The standard InChI is InChI=1S/C22H27N5O4/c1-22(13-20(29)27(2)21(23)26-22)19-12-15(7-8-24-19)11-18(28)17-6-5-16(14-25-17)31-10-4-9-30-3/h5-8,12,14H,4,9-11,13H2,1-3H3,(H2,23,26). The van der Waals surface area contributed by atoms with Crippen LogP contribution in [0.1, 0.15) is 41.5 Å². The van der Waals surface area contributed by atoms with Crippen LogP contribution in [0, 0.1) is 0 Å². The second kappa shape index (κ2) is 9.65. The number of pyridine rings is 2. The van der Waals surface area contributed by atoms with Crippen LogP contribution < -0.4 is 10.5 Å². The highest BCUT2D eigenvalue weighted by atomic mass is 16.5. The van der Waals surface area contributed by atoms with Crippen LogP contribution in [0.15, 0.2) is 41.7 Å². The Kier molecular flexibility index (Phi) is 6.96. The number of Topliss-reactive ketones (excluding diaryl/α,β-unsaturated/α-hetero) is 1. The van der Waals surface area contributed by atoms with Gasteiger partial charge in [0.2, 0.25) is 5.91 Å². The molecule has 9 nitrogen and oxygen atoms in total.